The molecule has 0 amide bonds. The number of nitrogens with zero attached hydrogens (tertiary/aromatic N) is 1. The molecule has 3 nitrogen and oxygen atoms in total. The summed E-state index contributed by atoms with van der Waals surface area (Å²) in [5, 5.41) is 3.37. The lowest BCUT2D eigenvalue weighted by molar-refractivity contribution is 0.414. The van der Waals surface area contributed by atoms with Crippen molar-refractivity contribution in [2.24, 2.45) is 0 Å². The summed E-state index contributed by atoms with van der Waals surface area (Å²) < 4.78 is 5.19. The first kappa shape index (κ1) is 12.6. The average Bonchev–Trinajstić information content (AvgIpc) is 2.41. The van der Waals surface area contributed by atoms with Crippen LogP contribution in [0.2, 0.25) is 0 Å². The van der Waals surface area contributed by atoms with Gasteiger partial charge in [0.15, 0.2) is 0 Å². The molecule has 1 N–H and O–H groups in total. The summed E-state index contributed by atoms with van der Waals surface area (Å²) in [7, 11) is 1.68. The Bertz CT molecular complexity index is 494. The number of pyridine rings is 1. The van der Waals surface area contributed by atoms with Crippen molar-refractivity contribution in [1.82, 2.24) is 10.3 Å². The van der Waals surface area contributed by atoms with Gasteiger partial charge in [-0.1, -0.05) is 18.2 Å². The molecule has 0 bridgehead atoms. The van der Waals surface area contributed by atoms with Crippen LogP contribution < -0.4 is 10.1 Å². The van der Waals surface area contributed by atoms with Crippen LogP contribution in [0.3, 0.4) is 0 Å². The van der Waals surface area contributed by atoms with E-state index in [9.17, 15) is 0 Å². The van der Waals surface area contributed by atoms with Crippen LogP contribution in [0.5, 0.6) is 5.75 Å². The Labute approximate surface area is 108 Å². The number of benzene rings is 1. The zero-order valence-electron chi connectivity index (χ0n) is 10.8. The van der Waals surface area contributed by atoms with Gasteiger partial charge >= 0.3 is 0 Å². The molecule has 0 unspecified atom stereocenters. The number of ether oxygens (including phenoxy) is 1. The normalized spacial score (nSPS) is 10.3. The molecule has 18 heavy (non-hydrogen) atoms. The van der Waals surface area contributed by atoms with E-state index in [1.807, 2.05) is 37.4 Å². The highest BCUT2D eigenvalue weighted by molar-refractivity contribution is 5.28. The fourth-order valence-electron chi connectivity index (χ4n) is 1.72. The SMILES string of the molecule is COc1cccc(CNCc2ccc(C)cn2)c1. The second-order valence-electron chi connectivity index (χ2n) is 4.28. The van der Waals surface area contributed by atoms with Crippen molar-refractivity contribution >= 4 is 0 Å². The van der Waals surface area contributed by atoms with Crippen LogP contribution in [-0.2, 0) is 13.1 Å². The van der Waals surface area contributed by atoms with Crippen LogP contribution in [0, 0.1) is 6.92 Å². The zero-order valence-corrected chi connectivity index (χ0v) is 10.8. The Hall–Kier alpha value is -1.87. The molecule has 0 radical (unpaired) electrons. The summed E-state index contributed by atoms with van der Waals surface area (Å²) in [4.78, 5) is 4.36. The van der Waals surface area contributed by atoms with Crippen LogP contribution in [0.15, 0.2) is 42.6 Å². The number of hydrogen-bond donors (Lipinski definition) is 1. The van der Waals surface area contributed by atoms with Gasteiger partial charge in [-0.2, -0.15) is 0 Å². The molecule has 3 heteroatoms. The minimum absolute atomic E-state index is 0.775. The molecule has 0 aliphatic heterocycles. The smallest absolute Gasteiger partial charge is 0.119 e. The highest BCUT2D eigenvalue weighted by Gasteiger charge is 1.97. The maximum absolute atomic E-state index is 5.19. The van der Waals surface area contributed by atoms with E-state index in [4.69, 9.17) is 4.74 Å². The van der Waals surface area contributed by atoms with Crippen LogP contribution in [0.25, 0.3) is 0 Å². The van der Waals surface area contributed by atoms with Crippen molar-refractivity contribution in [2.45, 2.75) is 20.0 Å². The quantitative estimate of drug-likeness (QED) is 0.875. The molecule has 2 rings (SSSR count). The van der Waals surface area contributed by atoms with Gasteiger partial charge in [-0.3, -0.25) is 4.98 Å². The van der Waals surface area contributed by atoms with Crippen molar-refractivity contribution in [2.75, 3.05) is 7.11 Å². The number of aromatic nitrogens is 1. The van der Waals surface area contributed by atoms with Gasteiger partial charge in [-0.25, -0.2) is 0 Å². The third-order valence-corrected chi connectivity index (χ3v) is 2.74. The van der Waals surface area contributed by atoms with Crippen molar-refractivity contribution in [3.63, 3.8) is 0 Å². The van der Waals surface area contributed by atoms with E-state index < -0.39 is 0 Å². The summed E-state index contributed by atoms with van der Waals surface area (Å²) in [6, 6.07) is 12.2. The predicted octanol–water partition coefficient (Wildman–Crippen LogP) is 2.69. The number of methoxy groups -OCH3 is 1. The Balaban J connectivity index is 1.86. The van der Waals surface area contributed by atoms with E-state index in [2.05, 4.69) is 22.4 Å². The fourth-order valence-corrected chi connectivity index (χ4v) is 1.72. The Morgan fingerprint density at radius 2 is 2.06 bits per heavy atom. The minimum atomic E-state index is 0.775. The molecular weight excluding hydrogens is 224 g/mol. The van der Waals surface area contributed by atoms with E-state index in [1.54, 1.807) is 7.11 Å². The lowest BCUT2D eigenvalue weighted by Crippen LogP contribution is -2.13. The summed E-state index contributed by atoms with van der Waals surface area (Å²) in [5.41, 5.74) is 3.46. The van der Waals surface area contributed by atoms with Gasteiger partial charge < -0.3 is 10.1 Å². The maximum atomic E-state index is 5.19. The standard InChI is InChI=1S/C15H18N2O/c1-12-6-7-14(17-9-12)11-16-10-13-4-3-5-15(8-13)18-2/h3-9,16H,10-11H2,1-2H3. The molecule has 2 aromatic rings. The molecular formula is C15H18N2O. The summed E-state index contributed by atoms with van der Waals surface area (Å²) in [6.07, 6.45) is 1.89. The summed E-state index contributed by atoms with van der Waals surface area (Å²) in [5.74, 6) is 0.891. The largest absolute Gasteiger partial charge is 0.497 e. The Kier molecular flexibility index (Phi) is 4.31. The first-order chi connectivity index (χ1) is 8.78. The van der Waals surface area contributed by atoms with Gasteiger partial charge in [0.1, 0.15) is 5.75 Å². The molecule has 0 spiro atoms. The van der Waals surface area contributed by atoms with Crippen molar-refractivity contribution < 1.29 is 4.74 Å². The molecule has 94 valence electrons. The second kappa shape index (κ2) is 6.17. The molecule has 0 saturated carbocycles. The van der Waals surface area contributed by atoms with Gasteiger partial charge in [0.2, 0.25) is 0 Å². The van der Waals surface area contributed by atoms with Crippen LogP contribution in [0.4, 0.5) is 0 Å². The Morgan fingerprint density at radius 1 is 1.17 bits per heavy atom. The van der Waals surface area contributed by atoms with E-state index in [-0.39, 0.29) is 0 Å². The van der Waals surface area contributed by atoms with E-state index >= 15 is 0 Å². The molecule has 0 atom stereocenters. The number of aryl methyl sites for hydroxylation is 1. The molecule has 1 aromatic carbocycles. The van der Waals surface area contributed by atoms with Gasteiger partial charge in [0, 0.05) is 19.3 Å². The fraction of sp³-hybridized carbons (Fsp3) is 0.267. The highest BCUT2D eigenvalue weighted by atomic mass is 16.5. The molecule has 1 heterocycles. The molecule has 0 saturated heterocycles. The first-order valence-corrected chi connectivity index (χ1v) is 6.03. The molecule has 0 aliphatic rings. The van der Waals surface area contributed by atoms with Crippen LogP contribution in [-0.4, -0.2) is 12.1 Å². The second-order valence-corrected chi connectivity index (χ2v) is 4.28. The minimum Gasteiger partial charge on any atom is -0.497 e. The number of rotatable bonds is 5. The third-order valence-electron chi connectivity index (χ3n) is 2.74. The summed E-state index contributed by atoms with van der Waals surface area (Å²) in [6.45, 7) is 3.63. The topological polar surface area (TPSA) is 34.1 Å². The maximum Gasteiger partial charge on any atom is 0.119 e. The number of nitrogens with one attached hydrogen (secondary N) is 1. The predicted molar refractivity (Wildman–Crippen MR) is 72.5 cm³/mol. The van der Waals surface area contributed by atoms with Crippen molar-refractivity contribution in [3.05, 3.63) is 59.4 Å². The van der Waals surface area contributed by atoms with Gasteiger partial charge in [0.05, 0.1) is 12.8 Å². The van der Waals surface area contributed by atoms with E-state index in [1.165, 1.54) is 11.1 Å². The van der Waals surface area contributed by atoms with Crippen molar-refractivity contribution in [3.8, 4) is 5.75 Å². The molecule has 0 fully saturated rings. The van der Waals surface area contributed by atoms with Gasteiger partial charge in [0.25, 0.3) is 0 Å². The van der Waals surface area contributed by atoms with E-state index in [0.29, 0.717) is 0 Å². The van der Waals surface area contributed by atoms with Crippen LogP contribution >= 0.6 is 0 Å². The third kappa shape index (κ3) is 3.57. The average molecular weight is 242 g/mol. The molecule has 0 aliphatic carbocycles. The first-order valence-electron chi connectivity index (χ1n) is 6.03. The zero-order chi connectivity index (χ0) is 12.8. The van der Waals surface area contributed by atoms with Crippen LogP contribution in [0.1, 0.15) is 16.8 Å². The monoisotopic (exact) mass is 242 g/mol. The van der Waals surface area contributed by atoms with E-state index in [0.717, 1.165) is 24.5 Å². The Morgan fingerprint density at radius 3 is 2.78 bits per heavy atom. The van der Waals surface area contributed by atoms with Crippen molar-refractivity contribution in [1.29, 1.82) is 0 Å². The molecule has 1 aromatic heterocycles. The highest BCUT2D eigenvalue weighted by Crippen LogP contribution is 2.12. The van der Waals surface area contributed by atoms with Gasteiger partial charge in [-0.15, -0.1) is 0 Å². The van der Waals surface area contributed by atoms with Gasteiger partial charge in [-0.05, 0) is 36.2 Å². The summed E-state index contributed by atoms with van der Waals surface area (Å²) >= 11 is 0. The lowest BCUT2D eigenvalue weighted by Gasteiger charge is -2.06. The lowest BCUT2D eigenvalue weighted by atomic mass is 10.2. The number of hydrogen-bond acceptors (Lipinski definition) is 3.